The molecule has 0 bridgehead atoms. The van der Waals surface area contributed by atoms with Crippen LogP contribution in [0.5, 0.6) is 0 Å². The summed E-state index contributed by atoms with van der Waals surface area (Å²) in [4.78, 5) is 16.0. The van der Waals surface area contributed by atoms with Crippen molar-refractivity contribution in [2.45, 2.75) is 27.2 Å². The van der Waals surface area contributed by atoms with Crippen LogP contribution in [0.3, 0.4) is 0 Å². The maximum absolute atomic E-state index is 12.0. The van der Waals surface area contributed by atoms with Crippen molar-refractivity contribution in [1.82, 2.24) is 4.98 Å². The van der Waals surface area contributed by atoms with E-state index in [1.807, 2.05) is 20.8 Å². The Hall–Kier alpha value is -1.42. The van der Waals surface area contributed by atoms with Gasteiger partial charge in [-0.15, -0.1) is 0 Å². The highest BCUT2D eigenvalue weighted by atomic mass is 16.2. The zero-order chi connectivity index (χ0) is 12.2. The Kier molecular flexibility index (Phi) is 4.01. The molecule has 1 aromatic rings. The highest BCUT2D eigenvalue weighted by Crippen LogP contribution is 2.22. The predicted molar refractivity (Wildman–Crippen MR) is 65.1 cm³/mol. The van der Waals surface area contributed by atoms with Gasteiger partial charge >= 0.3 is 0 Å². The number of aromatic nitrogens is 1. The van der Waals surface area contributed by atoms with Crippen molar-refractivity contribution in [2.75, 3.05) is 11.9 Å². The smallest absolute Gasteiger partial charge is 0.231 e. The van der Waals surface area contributed by atoms with E-state index in [9.17, 15) is 4.79 Å². The SMILES string of the molecule is CCC(C)(CN)C(=O)Nc1ccncc1C. The summed E-state index contributed by atoms with van der Waals surface area (Å²) >= 11 is 0. The molecule has 0 aliphatic heterocycles. The second kappa shape index (κ2) is 5.07. The average molecular weight is 221 g/mol. The molecule has 1 amide bonds. The molecular weight excluding hydrogens is 202 g/mol. The standard InChI is InChI=1S/C12H19N3O/c1-4-12(3,8-13)11(16)15-10-5-6-14-7-9(10)2/h5-7H,4,8,13H2,1-3H3,(H,14,15,16). The van der Waals surface area contributed by atoms with E-state index in [4.69, 9.17) is 5.73 Å². The topological polar surface area (TPSA) is 68.0 Å². The third-order valence-electron chi connectivity index (χ3n) is 3.05. The molecule has 0 spiro atoms. The first-order chi connectivity index (χ1) is 7.53. The molecule has 0 radical (unpaired) electrons. The van der Waals surface area contributed by atoms with Gasteiger partial charge in [-0.05, 0) is 31.9 Å². The number of nitrogens with two attached hydrogens (primary N) is 1. The molecule has 88 valence electrons. The summed E-state index contributed by atoms with van der Waals surface area (Å²) in [5.41, 5.74) is 6.88. The van der Waals surface area contributed by atoms with Crippen LogP contribution < -0.4 is 11.1 Å². The lowest BCUT2D eigenvalue weighted by Gasteiger charge is -2.25. The molecule has 1 unspecified atom stereocenters. The van der Waals surface area contributed by atoms with E-state index in [2.05, 4.69) is 10.3 Å². The zero-order valence-corrected chi connectivity index (χ0v) is 10.1. The first-order valence-electron chi connectivity index (χ1n) is 5.45. The van der Waals surface area contributed by atoms with Gasteiger partial charge in [-0.3, -0.25) is 9.78 Å². The largest absolute Gasteiger partial charge is 0.329 e. The van der Waals surface area contributed by atoms with Crippen LogP contribution in [0.25, 0.3) is 0 Å². The van der Waals surface area contributed by atoms with Crippen LogP contribution in [-0.2, 0) is 4.79 Å². The molecule has 0 aliphatic rings. The third-order valence-corrected chi connectivity index (χ3v) is 3.05. The monoisotopic (exact) mass is 221 g/mol. The van der Waals surface area contributed by atoms with Gasteiger partial charge in [-0.1, -0.05) is 6.92 Å². The fourth-order valence-corrected chi connectivity index (χ4v) is 1.28. The minimum absolute atomic E-state index is 0.0354. The Morgan fingerprint density at radius 1 is 1.62 bits per heavy atom. The van der Waals surface area contributed by atoms with Crippen molar-refractivity contribution in [3.63, 3.8) is 0 Å². The molecule has 0 saturated carbocycles. The quantitative estimate of drug-likeness (QED) is 0.813. The first kappa shape index (κ1) is 12.6. The highest BCUT2D eigenvalue weighted by molar-refractivity contribution is 5.95. The number of hydrogen-bond donors (Lipinski definition) is 2. The average Bonchev–Trinajstić information content (AvgIpc) is 2.31. The lowest BCUT2D eigenvalue weighted by molar-refractivity contribution is -0.124. The Morgan fingerprint density at radius 3 is 2.81 bits per heavy atom. The summed E-state index contributed by atoms with van der Waals surface area (Å²) in [6, 6.07) is 1.79. The van der Waals surface area contributed by atoms with Gasteiger partial charge in [0.1, 0.15) is 0 Å². The normalized spacial score (nSPS) is 14.2. The summed E-state index contributed by atoms with van der Waals surface area (Å²) in [6.07, 6.45) is 4.11. The maximum atomic E-state index is 12.0. The molecule has 4 nitrogen and oxygen atoms in total. The number of nitrogens with one attached hydrogen (secondary N) is 1. The minimum atomic E-state index is -0.504. The lowest BCUT2D eigenvalue weighted by atomic mass is 9.86. The molecule has 0 aliphatic carbocycles. The molecule has 1 heterocycles. The maximum Gasteiger partial charge on any atom is 0.231 e. The fraction of sp³-hybridized carbons (Fsp3) is 0.500. The Labute approximate surface area is 96.3 Å². The van der Waals surface area contributed by atoms with Crippen LogP contribution in [0.1, 0.15) is 25.8 Å². The molecule has 4 heteroatoms. The van der Waals surface area contributed by atoms with Crippen LogP contribution in [0.2, 0.25) is 0 Å². The molecule has 0 saturated heterocycles. The zero-order valence-electron chi connectivity index (χ0n) is 10.1. The highest BCUT2D eigenvalue weighted by Gasteiger charge is 2.29. The van der Waals surface area contributed by atoms with Crippen LogP contribution in [0.4, 0.5) is 5.69 Å². The number of carbonyl (C=O) groups excluding carboxylic acids is 1. The van der Waals surface area contributed by atoms with E-state index in [1.165, 1.54) is 0 Å². The van der Waals surface area contributed by atoms with Gasteiger partial charge in [0.05, 0.1) is 5.41 Å². The van der Waals surface area contributed by atoms with Gasteiger partial charge in [0.25, 0.3) is 0 Å². The van der Waals surface area contributed by atoms with Crippen LogP contribution in [0, 0.1) is 12.3 Å². The summed E-state index contributed by atoms with van der Waals surface area (Å²) in [5, 5.41) is 2.89. The second-order valence-corrected chi connectivity index (χ2v) is 4.26. The second-order valence-electron chi connectivity index (χ2n) is 4.26. The van der Waals surface area contributed by atoms with Gasteiger partial charge in [0.15, 0.2) is 0 Å². The number of nitrogens with zero attached hydrogens (tertiary/aromatic N) is 1. The van der Waals surface area contributed by atoms with E-state index in [0.29, 0.717) is 6.54 Å². The van der Waals surface area contributed by atoms with Gasteiger partial charge < -0.3 is 11.1 Å². The van der Waals surface area contributed by atoms with Crippen LogP contribution >= 0.6 is 0 Å². The Balaban J connectivity index is 2.83. The number of rotatable bonds is 4. The fourth-order valence-electron chi connectivity index (χ4n) is 1.28. The molecule has 0 fully saturated rings. The Bertz CT molecular complexity index is 372. The minimum Gasteiger partial charge on any atom is -0.329 e. The van der Waals surface area contributed by atoms with Crippen molar-refractivity contribution in [3.8, 4) is 0 Å². The molecule has 3 N–H and O–H groups in total. The molecule has 1 aromatic heterocycles. The van der Waals surface area contributed by atoms with Crippen molar-refractivity contribution in [1.29, 1.82) is 0 Å². The molecule has 1 rings (SSSR count). The number of aryl methyl sites for hydroxylation is 1. The molecule has 1 atom stereocenters. The number of hydrogen-bond acceptors (Lipinski definition) is 3. The number of carbonyl (C=O) groups is 1. The van der Waals surface area contributed by atoms with E-state index < -0.39 is 5.41 Å². The summed E-state index contributed by atoms with van der Waals surface area (Å²) in [6.45, 7) is 6.10. The number of pyridine rings is 1. The molecule has 0 aromatic carbocycles. The van der Waals surface area contributed by atoms with Crippen molar-refractivity contribution < 1.29 is 4.79 Å². The van der Waals surface area contributed by atoms with E-state index >= 15 is 0 Å². The predicted octanol–water partition coefficient (Wildman–Crippen LogP) is 1.70. The van der Waals surface area contributed by atoms with E-state index in [-0.39, 0.29) is 5.91 Å². The van der Waals surface area contributed by atoms with Crippen molar-refractivity contribution >= 4 is 11.6 Å². The van der Waals surface area contributed by atoms with Crippen LogP contribution in [0.15, 0.2) is 18.5 Å². The van der Waals surface area contributed by atoms with Gasteiger partial charge in [-0.2, -0.15) is 0 Å². The number of amides is 1. The van der Waals surface area contributed by atoms with Gasteiger partial charge in [-0.25, -0.2) is 0 Å². The van der Waals surface area contributed by atoms with E-state index in [0.717, 1.165) is 17.7 Å². The van der Waals surface area contributed by atoms with Gasteiger partial charge in [0, 0.05) is 24.6 Å². The molecule has 16 heavy (non-hydrogen) atoms. The summed E-state index contributed by atoms with van der Waals surface area (Å²) in [7, 11) is 0. The van der Waals surface area contributed by atoms with Crippen LogP contribution in [-0.4, -0.2) is 17.4 Å². The lowest BCUT2D eigenvalue weighted by Crippen LogP contribution is -2.39. The Morgan fingerprint density at radius 2 is 2.31 bits per heavy atom. The molecular formula is C12H19N3O. The van der Waals surface area contributed by atoms with Crippen molar-refractivity contribution in [3.05, 3.63) is 24.0 Å². The summed E-state index contributed by atoms with van der Waals surface area (Å²) in [5.74, 6) is -0.0354. The number of anilines is 1. The summed E-state index contributed by atoms with van der Waals surface area (Å²) < 4.78 is 0. The van der Waals surface area contributed by atoms with Gasteiger partial charge in [0.2, 0.25) is 5.91 Å². The van der Waals surface area contributed by atoms with E-state index in [1.54, 1.807) is 18.5 Å². The first-order valence-corrected chi connectivity index (χ1v) is 5.45. The third kappa shape index (κ3) is 2.58. The van der Waals surface area contributed by atoms with Crippen molar-refractivity contribution in [2.24, 2.45) is 11.1 Å².